The molecule has 16 heavy (non-hydrogen) atoms. The fourth-order valence-corrected chi connectivity index (χ4v) is 1.61. The third-order valence-corrected chi connectivity index (χ3v) is 2.47. The Morgan fingerprint density at radius 3 is 2.69 bits per heavy atom. The number of nitrogens with zero attached hydrogens (tertiary/aromatic N) is 1. The minimum atomic E-state index is -0.206. The predicted octanol–water partition coefficient (Wildman–Crippen LogP) is 2.76. The van der Waals surface area contributed by atoms with Crippen LogP contribution in [0.25, 0.3) is 0 Å². The maximum atomic E-state index is 5.57. The molecule has 1 aliphatic heterocycles. The van der Waals surface area contributed by atoms with E-state index in [9.17, 15) is 0 Å². The van der Waals surface area contributed by atoms with Crippen LogP contribution >= 0.6 is 0 Å². The van der Waals surface area contributed by atoms with Crippen LogP contribution in [0, 0.1) is 0 Å². The Balaban J connectivity index is 1.74. The fraction of sp³-hybridized carbons (Fsp3) is 0.462. The number of oxime groups is 1. The predicted molar refractivity (Wildman–Crippen MR) is 63.3 cm³/mol. The molecule has 0 atom stereocenters. The first-order valence-electron chi connectivity index (χ1n) is 5.57. The summed E-state index contributed by atoms with van der Waals surface area (Å²) in [6, 6.07) is 10.3. The van der Waals surface area contributed by atoms with Crippen molar-refractivity contribution in [3.63, 3.8) is 0 Å². The summed E-state index contributed by atoms with van der Waals surface area (Å²) in [5.74, 6) is 0.709. The van der Waals surface area contributed by atoms with Gasteiger partial charge in [-0.15, -0.1) is 0 Å². The average molecular weight is 219 g/mol. The minimum absolute atomic E-state index is 0.206. The van der Waals surface area contributed by atoms with Crippen LogP contribution in [0.5, 0.6) is 0 Å². The van der Waals surface area contributed by atoms with Gasteiger partial charge in [-0.25, -0.2) is 0 Å². The fourth-order valence-electron chi connectivity index (χ4n) is 1.61. The van der Waals surface area contributed by atoms with Gasteiger partial charge < -0.3 is 9.57 Å². The molecule has 2 rings (SSSR count). The maximum absolute atomic E-state index is 5.57. The lowest BCUT2D eigenvalue weighted by molar-refractivity contribution is 0.0123. The van der Waals surface area contributed by atoms with E-state index in [0.717, 1.165) is 12.8 Å². The third-order valence-electron chi connectivity index (χ3n) is 2.47. The van der Waals surface area contributed by atoms with Gasteiger partial charge in [0.15, 0.2) is 0 Å². The first-order valence-corrected chi connectivity index (χ1v) is 5.57. The van der Waals surface area contributed by atoms with Gasteiger partial charge in [-0.05, 0) is 19.4 Å². The molecule has 3 heteroatoms. The van der Waals surface area contributed by atoms with Gasteiger partial charge in [0.25, 0.3) is 0 Å². The topological polar surface area (TPSA) is 30.8 Å². The number of hydrogen-bond donors (Lipinski definition) is 0. The van der Waals surface area contributed by atoms with E-state index >= 15 is 0 Å². The summed E-state index contributed by atoms with van der Waals surface area (Å²) in [5.41, 5.74) is 1.07. The Morgan fingerprint density at radius 2 is 2.06 bits per heavy atom. The second kappa shape index (κ2) is 4.56. The van der Waals surface area contributed by atoms with E-state index in [1.807, 2.05) is 32.0 Å². The number of rotatable bonds is 3. The van der Waals surface area contributed by atoms with Gasteiger partial charge in [0, 0.05) is 6.42 Å². The molecule has 0 amide bonds. The lowest BCUT2D eigenvalue weighted by Gasteiger charge is -2.12. The highest BCUT2D eigenvalue weighted by atomic mass is 16.7. The molecule has 1 aromatic rings. The zero-order valence-corrected chi connectivity index (χ0v) is 9.77. The maximum Gasteiger partial charge on any atom is 0.229 e. The summed E-state index contributed by atoms with van der Waals surface area (Å²) in [5, 5.41) is 3.91. The Kier molecular flexibility index (Phi) is 3.13. The van der Waals surface area contributed by atoms with Gasteiger partial charge in [-0.3, -0.25) is 0 Å². The van der Waals surface area contributed by atoms with E-state index < -0.39 is 0 Å². The zero-order chi connectivity index (χ0) is 11.4. The molecule has 0 spiro atoms. The molecule has 3 nitrogen and oxygen atoms in total. The molecule has 0 aliphatic carbocycles. The van der Waals surface area contributed by atoms with Crippen molar-refractivity contribution in [2.24, 2.45) is 5.16 Å². The normalized spacial score (nSPS) is 17.8. The van der Waals surface area contributed by atoms with Gasteiger partial charge in [-0.1, -0.05) is 35.5 Å². The Labute approximate surface area is 96.1 Å². The molecule has 0 radical (unpaired) electrons. The smallest absolute Gasteiger partial charge is 0.229 e. The van der Waals surface area contributed by atoms with E-state index in [4.69, 9.17) is 9.57 Å². The number of benzene rings is 1. The van der Waals surface area contributed by atoms with Crippen LogP contribution in [0.15, 0.2) is 35.5 Å². The highest BCUT2D eigenvalue weighted by Crippen LogP contribution is 2.22. The van der Waals surface area contributed by atoms with E-state index in [2.05, 4.69) is 17.3 Å². The van der Waals surface area contributed by atoms with Gasteiger partial charge >= 0.3 is 0 Å². The molecule has 0 bridgehead atoms. The third kappa shape index (κ3) is 2.99. The monoisotopic (exact) mass is 219 g/mol. The van der Waals surface area contributed by atoms with Crippen LogP contribution in [-0.4, -0.2) is 18.1 Å². The van der Waals surface area contributed by atoms with Crippen LogP contribution < -0.4 is 0 Å². The molecular weight excluding hydrogens is 202 g/mol. The van der Waals surface area contributed by atoms with Crippen molar-refractivity contribution in [1.29, 1.82) is 0 Å². The van der Waals surface area contributed by atoms with Crippen LogP contribution in [-0.2, 0) is 16.0 Å². The zero-order valence-electron chi connectivity index (χ0n) is 9.77. The molecule has 86 valence electrons. The standard InChI is InChI=1S/C13H17NO2/c1-13(2)10-12(14-16-13)15-9-8-11-6-4-3-5-7-11/h3-7H,8-10H2,1-2H3. The van der Waals surface area contributed by atoms with E-state index in [1.165, 1.54) is 5.56 Å². The molecule has 0 fully saturated rings. The van der Waals surface area contributed by atoms with Gasteiger partial charge in [-0.2, -0.15) is 0 Å². The molecule has 0 saturated carbocycles. The summed E-state index contributed by atoms with van der Waals surface area (Å²) in [6.45, 7) is 4.66. The molecule has 1 aromatic carbocycles. The molecule has 0 saturated heterocycles. The lowest BCUT2D eigenvalue weighted by atomic mass is 10.1. The summed E-state index contributed by atoms with van der Waals surface area (Å²) in [4.78, 5) is 5.22. The van der Waals surface area contributed by atoms with Crippen molar-refractivity contribution in [3.8, 4) is 0 Å². The average Bonchev–Trinajstić information content (AvgIpc) is 2.60. The van der Waals surface area contributed by atoms with Gasteiger partial charge in [0.1, 0.15) is 5.60 Å². The van der Waals surface area contributed by atoms with E-state index in [1.54, 1.807) is 0 Å². The number of ether oxygens (including phenoxy) is 1. The van der Waals surface area contributed by atoms with Crippen molar-refractivity contribution in [2.45, 2.75) is 32.3 Å². The summed E-state index contributed by atoms with van der Waals surface area (Å²) >= 11 is 0. The van der Waals surface area contributed by atoms with Crippen LogP contribution in [0.1, 0.15) is 25.8 Å². The van der Waals surface area contributed by atoms with Crippen LogP contribution in [0.2, 0.25) is 0 Å². The SMILES string of the molecule is CC1(C)CC(OCCc2ccccc2)=NO1. The molecule has 1 aliphatic rings. The molecule has 0 unspecified atom stereocenters. The Morgan fingerprint density at radius 1 is 1.31 bits per heavy atom. The first-order chi connectivity index (χ1) is 7.66. The minimum Gasteiger partial charge on any atom is -0.478 e. The van der Waals surface area contributed by atoms with Crippen LogP contribution in [0.4, 0.5) is 0 Å². The molecular formula is C13H17NO2. The highest BCUT2D eigenvalue weighted by molar-refractivity contribution is 5.77. The Bertz CT molecular complexity index is 371. The molecule has 1 heterocycles. The second-order valence-electron chi connectivity index (χ2n) is 4.60. The van der Waals surface area contributed by atoms with E-state index in [-0.39, 0.29) is 5.60 Å². The summed E-state index contributed by atoms with van der Waals surface area (Å²) in [7, 11) is 0. The molecule has 0 aromatic heterocycles. The van der Waals surface area contributed by atoms with Crippen molar-refractivity contribution in [1.82, 2.24) is 0 Å². The van der Waals surface area contributed by atoms with Gasteiger partial charge in [0.2, 0.25) is 5.90 Å². The highest BCUT2D eigenvalue weighted by Gasteiger charge is 2.29. The first kappa shape index (κ1) is 11.0. The summed E-state index contributed by atoms with van der Waals surface area (Å²) < 4.78 is 5.57. The molecule has 0 N–H and O–H groups in total. The van der Waals surface area contributed by atoms with Crippen molar-refractivity contribution in [2.75, 3.05) is 6.61 Å². The van der Waals surface area contributed by atoms with Crippen molar-refractivity contribution < 1.29 is 9.57 Å². The van der Waals surface area contributed by atoms with Crippen molar-refractivity contribution >= 4 is 5.90 Å². The largest absolute Gasteiger partial charge is 0.478 e. The second-order valence-corrected chi connectivity index (χ2v) is 4.60. The quantitative estimate of drug-likeness (QED) is 0.782. The number of hydrogen-bond acceptors (Lipinski definition) is 3. The van der Waals surface area contributed by atoms with Crippen molar-refractivity contribution in [3.05, 3.63) is 35.9 Å². The Hall–Kier alpha value is -1.51. The van der Waals surface area contributed by atoms with Crippen LogP contribution in [0.3, 0.4) is 0 Å². The van der Waals surface area contributed by atoms with E-state index in [0.29, 0.717) is 12.5 Å². The van der Waals surface area contributed by atoms with Gasteiger partial charge in [0.05, 0.1) is 13.0 Å². The summed E-state index contributed by atoms with van der Waals surface area (Å²) in [6.07, 6.45) is 1.65. The lowest BCUT2D eigenvalue weighted by Crippen LogP contribution is -2.20.